The summed E-state index contributed by atoms with van der Waals surface area (Å²) in [5.41, 5.74) is 3.41. The Morgan fingerprint density at radius 2 is 2.05 bits per heavy atom. The molecule has 5 nitrogen and oxygen atoms in total. The normalized spacial score (nSPS) is 10.2. The van der Waals surface area contributed by atoms with Crippen molar-refractivity contribution in [3.05, 3.63) is 53.6 Å². The Morgan fingerprint density at radius 3 is 2.75 bits per heavy atom. The number of nitrogens with one attached hydrogen (secondary N) is 1. The number of amides is 1. The molecule has 0 radical (unpaired) electrons. The number of hydrogen-bond donors (Lipinski definition) is 1. The highest BCUT2D eigenvalue weighted by molar-refractivity contribution is 5.92. The van der Waals surface area contributed by atoms with E-state index in [4.69, 9.17) is 0 Å². The predicted octanol–water partition coefficient (Wildman–Crippen LogP) is 2.10. The summed E-state index contributed by atoms with van der Waals surface area (Å²) in [4.78, 5) is 21.8. The molecule has 0 spiro atoms. The van der Waals surface area contributed by atoms with Crippen LogP contribution in [-0.4, -0.2) is 34.9 Å². The molecule has 1 N–H and O–H groups in total. The van der Waals surface area contributed by atoms with Gasteiger partial charge in [0.05, 0.1) is 12.2 Å². The number of rotatable bonds is 4. The lowest BCUT2D eigenvalue weighted by molar-refractivity contribution is 0.0822. The molecule has 104 valence electrons. The van der Waals surface area contributed by atoms with E-state index in [1.165, 1.54) is 4.90 Å². The number of carbonyl (C=O) groups is 1. The lowest BCUT2D eigenvalue weighted by atomic mass is 10.2. The molecule has 2 heterocycles. The lowest BCUT2D eigenvalue weighted by Crippen LogP contribution is -2.22. The number of anilines is 1. The van der Waals surface area contributed by atoms with Gasteiger partial charge in [-0.2, -0.15) is 0 Å². The molecule has 1 amide bonds. The van der Waals surface area contributed by atoms with Gasteiger partial charge in [0.1, 0.15) is 5.69 Å². The Labute approximate surface area is 118 Å². The number of nitrogens with zero attached hydrogens (tertiary/aromatic N) is 3. The molecular weight excluding hydrogens is 252 g/mol. The first-order valence-electron chi connectivity index (χ1n) is 6.40. The third kappa shape index (κ3) is 3.32. The molecule has 0 atom stereocenters. The van der Waals surface area contributed by atoms with Crippen LogP contribution < -0.4 is 5.32 Å². The van der Waals surface area contributed by atoms with Crippen molar-refractivity contribution >= 4 is 11.6 Å². The van der Waals surface area contributed by atoms with Crippen LogP contribution in [0.25, 0.3) is 0 Å². The fraction of sp³-hybridized carbons (Fsp3) is 0.267. The molecule has 0 saturated heterocycles. The van der Waals surface area contributed by atoms with Crippen LogP contribution in [0.5, 0.6) is 0 Å². The lowest BCUT2D eigenvalue weighted by Gasteiger charge is -2.11. The van der Waals surface area contributed by atoms with Crippen molar-refractivity contribution in [1.82, 2.24) is 14.9 Å². The second kappa shape index (κ2) is 6.14. The molecule has 0 fully saturated rings. The highest BCUT2D eigenvalue weighted by Crippen LogP contribution is 2.12. The van der Waals surface area contributed by atoms with E-state index in [2.05, 4.69) is 15.3 Å². The topological polar surface area (TPSA) is 58.1 Å². The van der Waals surface area contributed by atoms with E-state index in [0.29, 0.717) is 12.2 Å². The van der Waals surface area contributed by atoms with Gasteiger partial charge in [-0.25, -0.2) is 0 Å². The standard InChI is InChI=1S/C15H18N4O/c1-11-5-4-7-16-14(11)10-18-12-6-8-17-13(9-12)15(20)19(2)3/h4-9H,10H2,1-3H3,(H,17,18). The molecule has 0 aromatic carbocycles. The zero-order valence-corrected chi connectivity index (χ0v) is 11.9. The Hall–Kier alpha value is -2.43. The van der Waals surface area contributed by atoms with Crippen molar-refractivity contribution in [3.63, 3.8) is 0 Å². The maximum atomic E-state index is 11.8. The van der Waals surface area contributed by atoms with Gasteiger partial charge >= 0.3 is 0 Å². The first-order valence-corrected chi connectivity index (χ1v) is 6.40. The van der Waals surface area contributed by atoms with Crippen LogP contribution in [0, 0.1) is 6.92 Å². The van der Waals surface area contributed by atoms with E-state index < -0.39 is 0 Å². The van der Waals surface area contributed by atoms with E-state index in [-0.39, 0.29) is 5.91 Å². The van der Waals surface area contributed by atoms with Crippen LogP contribution in [0.4, 0.5) is 5.69 Å². The van der Waals surface area contributed by atoms with Crippen molar-refractivity contribution in [1.29, 1.82) is 0 Å². The molecular formula is C15H18N4O. The molecule has 0 saturated carbocycles. The highest BCUT2D eigenvalue weighted by atomic mass is 16.2. The Kier molecular flexibility index (Phi) is 4.30. The fourth-order valence-corrected chi connectivity index (χ4v) is 1.78. The molecule has 0 bridgehead atoms. The number of pyridine rings is 2. The zero-order valence-electron chi connectivity index (χ0n) is 11.9. The van der Waals surface area contributed by atoms with Gasteiger partial charge in [0.15, 0.2) is 0 Å². The van der Waals surface area contributed by atoms with Crippen molar-refractivity contribution < 1.29 is 4.79 Å². The molecule has 2 aromatic rings. The van der Waals surface area contributed by atoms with Crippen LogP contribution in [-0.2, 0) is 6.54 Å². The summed E-state index contributed by atoms with van der Waals surface area (Å²) in [6.45, 7) is 2.64. The van der Waals surface area contributed by atoms with E-state index in [1.807, 2.05) is 25.1 Å². The average molecular weight is 270 g/mol. The van der Waals surface area contributed by atoms with Gasteiger partial charge in [-0.15, -0.1) is 0 Å². The van der Waals surface area contributed by atoms with Crippen molar-refractivity contribution in [2.45, 2.75) is 13.5 Å². The van der Waals surface area contributed by atoms with Crippen LogP contribution in [0.2, 0.25) is 0 Å². The Bertz CT molecular complexity index is 610. The number of aromatic nitrogens is 2. The van der Waals surface area contributed by atoms with Gasteiger partial charge in [0.25, 0.3) is 5.91 Å². The van der Waals surface area contributed by atoms with Crippen LogP contribution in [0.1, 0.15) is 21.7 Å². The summed E-state index contributed by atoms with van der Waals surface area (Å²) in [6, 6.07) is 7.53. The maximum absolute atomic E-state index is 11.8. The molecule has 2 rings (SSSR count). The van der Waals surface area contributed by atoms with E-state index in [1.54, 1.807) is 32.6 Å². The predicted molar refractivity (Wildman–Crippen MR) is 78.6 cm³/mol. The molecule has 0 aliphatic heterocycles. The molecule has 20 heavy (non-hydrogen) atoms. The van der Waals surface area contributed by atoms with Crippen molar-refractivity contribution in [2.75, 3.05) is 19.4 Å². The quantitative estimate of drug-likeness (QED) is 0.924. The van der Waals surface area contributed by atoms with Gasteiger partial charge in [0, 0.05) is 32.2 Å². The second-order valence-corrected chi connectivity index (χ2v) is 4.75. The molecule has 0 aliphatic rings. The van der Waals surface area contributed by atoms with Crippen LogP contribution >= 0.6 is 0 Å². The van der Waals surface area contributed by atoms with E-state index >= 15 is 0 Å². The second-order valence-electron chi connectivity index (χ2n) is 4.75. The molecule has 5 heteroatoms. The number of carbonyl (C=O) groups excluding carboxylic acids is 1. The Morgan fingerprint density at radius 1 is 1.25 bits per heavy atom. The first-order chi connectivity index (χ1) is 9.58. The van der Waals surface area contributed by atoms with Crippen molar-refractivity contribution in [2.24, 2.45) is 0 Å². The smallest absolute Gasteiger partial charge is 0.272 e. The van der Waals surface area contributed by atoms with Crippen LogP contribution in [0.3, 0.4) is 0 Å². The number of aryl methyl sites for hydroxylation is 1. The average Bonchev–Trinajstić information content (AvgIpc) is 2.46. The van der Waals surface area contributed by atoms with Crippen molar-refractivity contribution in [3.8, 4) is 0 Å². The van der Waals surface area contributed by atoms with E-state index in [0.717, 1.165) is 16.9 Å². The Balaban J connectivity index is 2.09. The third-order valence-electron chi connectivity index (χ3n) is 2.96. The largest absolute Gasteiger partial charge is 0.379 e. The minimum Gasteiger partial charge on any atom is -0.379 e. The number of hydrogen-bond acceptors (Lipinski definition) is 4. The maximum Gasteiger partial charge on any atom is 0.272 e. The van der Waals surface area contributed by atoms with E-state index in [9.17, 15) is 4.79 Å². The van der Waals surface area contributed by atoms with Gasteiger partial charge in [-0.3, -0.25) is 14.8 Å². The highest BCUT2D eigenvalue weighted by Gasteiger charge is 2.09. The van der Waals surface area contributed by atoms with Crippen LogP contribution in [0.15, 0.2) is 36.7 Å². The summed E-state index contributed by atoms with van der Waals surface area (Å²) in [7, 11) is 3.42. The summed E-state index contributed by atoms with van der Waals surface area (Å²) in [5, 5.41) is 3.26. The third-order valence-corrected chi connectivity index (χ3v) is 2.96. The summed E-state index contributed by atoms with van der Waals surface area (Å²) >= 11 is 0. The minimum atomic E-state index is -0.109. The van der Waals surface area contributed by atoms with Gasteiger partial charge in [-0.05, 0) is 30.7 Å². The molecule has 2 aromatic heterocycles. The fourth-order valence-electron chi connectivity index (χ4n) is 1.78. The summed E-state index contributed by atoms with van der Waals surface area (Å²) < 4.78 is 0. The monoisotopic (exact) mass is 270 g/mol. The summed E-state index contributed by atoms with van der Waals surface area (Å²) in [6.07, 6.45) is 3.40. The first kappa shape index (κ1) is 14.0. The molecule has 0 unspecified atom stereocenters. The van der Waals surface area contributed by atoms with Gasteiger partial charge in [-0.1, -0.05) is 6.07 Å². The molecule has 0 aliphatic carbocycles. The van der Waals surface area contributed by atoms with Gasteiger partial charge < -0.3 is 10.2 Å². The zero-order chi connectivity index (χ0) is 14.5. The minimum absolute atomic E-state index is 0.109. The van der Waals surface area contributed by atoms with Gasteiger partial charge in [0.2, 0.25) is 0 Å². The summed E-state index contributed by atoms with van der Waals surface area (Å²) in [5.74, 6) is -0.109. The SMILES string of the molecule is Cc1cccnc1CNc1ccnc(C(=O)N(C)C)c1.